The average molecular weight is 302 g/mol. The van der Waals surface area contributed by atoms with Crippen molar-refractivity contribution >= 4 is 0 Å². The smallest absolute Gasteiger partial charge is 0.247 e. The summed E-state index contributed by atoms with van der Waals surface area (Å²) in [4.78, 5) is 0. The summed E-state index contributed by atoms with van der Waals surface area (Å²) in [7, 11) is 0. The number of rotatable bonds is 10. The van der Waals surface area contributed by atoms with Crippen LogP contribution in [-0.4, -0.2) is 21.9 Å². The molecule has 0 aliphatic rings. The number of nitrogens with zero attached hydrogens (tertiary/aromatic N) is 2. The van der Waals surface area contributed by atoms with Crippen molar-refractivity contribution < 1.29 is 9.52 Å². The summed E-state index contributed by atoms with van der Waals surface area (Å²) in [6, 6.07) is 8.39. The standard InChI is InChI=1S/C18H26N2O2/c1-2-3-5-9-15-10-8-11-16(14-15)18-20-19-17(22-18)12-6-4-7-13-21/h8,10-11,14,21H,2-7,9,12-13H2,1H3. The van der Waals surface area contributed by atoms with Crippen LogP contribution < -0.4 is 0 Å². The first kappa shape index (κ1) is 16.7. The summed E-state index contributed by atoms with van der Waals surface area (Å²) in [5, 5.41) is 17.0. The van der Waals surface area contributed by atoms with Gasteiger partial charge in [-0.05, 0) is 43.4 Å². The third-order valence-corrected chi connectivity index (χ3v) is 3.76. The SMILES string of the molecule is CCCCCc1cccc(-c2nnc(CCCCCO)o2)c1. The minimum atomic E-state index is 0.250. The van der Waals surface area contributed by atoms with Gasteiger partial charge in [0.05, 0.1) is 0 Å². The molecule has 0 fully saturated rings. The van der Waals surface area contributed by atoms with Gasteiger partial charge in [0.2, 0.25) is 11.8 Å². The summed E-state index contributed by atoms with van der Waals surface area (Å²) >= 11 is 0. The maximum atomic E-state index is 8.77. The van der Waals surface area contributed by atoms with Crippen molar-refractivity contribution in [1.29, 1.82) is 0 Å². The van der Waals surface area contributed by atoms with Crippen LogP contribution in [0.3, 0.4) is 0 Å². The highest BCUT2D eigenvalue weighted by Crippen LogP contribution is 2.21. The number of aliphatic hydroxyl groups excluding tert-OH is 1. The van der Waals surface area contributed by atoms with Crippen molar-refractivity contribution in [3.05, 3.63) is 35.7 Å². The monoisotopic (exact) mass is 302 g/mol. The van der Waals surface area contributed by atoms with Gasteiger partial charge in [-0.2, -0.15) is 0 Å². The molecule has 2 aromatic rings. The van der Waals surface area contributed by atoms with Crippen molar-refractivity contribution in [2.24, 2.45) is 0 Å². The highest BCUT2D eigenvalue weighted by atomic mass is 16.4. The fraction of sp³-hybridized carbons (Fsp3) is 0.556. The number of aliphatic hydroxyl groups is 1. The molecule has 1 N–H and O–H groups in total. The quantitative estimate of drug-likeness (QED) is 0.669. The predicted molar refractivity (Wildman–Crippen MR) is 87.6 cm³/mol. The van der Waals surface area contributed by atoms with Crippen LogP contribution in [0.25, 0.3) is 11.5 Å². The lowest BCUT2D eigenvalue weighted by atomic mass is 10.0. The van der Waals surface area contributed by atoms with Gasteiger partial charge in [-0.3, -0.25) is 0 Å². The molecule has 2 rings (SSSR count). The zero-order valence-corrected chi connectivity index (χ0v) is 13.4. The number of benzene rings is 1. The van der Waals surface area contributed by atoms with Crippen LogP contribution in [0.1, 0.15) is 56.9 Å². The Bertz CT molecular complexity index is 552. The second-order valence-electron chi connectivity index (χ2n) is 5.69. The lowest BCUT2D eigenvalue weighted by Gasteiger charge is -2.02. The third kappa shape index (κ3) is 5.26. The summed E-state index contributed by atoms with van der Waals surface area (Å²) in [6.45, 7) is 2.47. The van der Waals surface area contributed by atoms with Gasteiger partial charge in [0.25, 0.3) is 0 Å². The zero-order chi connectivity index (χ0) is 15.6. The number of aromatic nitrogens is 2. The van der Waals surface area contributed by atoms with Gasteiger partial charge in [0, 0.05) is 18.6 Å². The maximum Gasteiger partial charge on any atom is 0.247 e. The van der Waals surface area contributed by atoms with Crippen LogP contribution >= 0.6 is 0 Å². The van der Waals surface area contributed by atoms with Crippen molar-refractivity contribution in [3.63, 3.8) is 0 Å². The Morgan fingerprint density at radius 3 is 2.68 bits per heavy atom. The van der Waals surface area contributed by atoms with E-state index in [0.717, 1.165) is 37.7 Å². The fourth-order valence-electron chi connectivity index (χ4n) is 2.48. The lowest BCUT2D eigenvalue weighted by Crippen LogP contribution is -1.88. The van der Waals surface area contributed by atoms with Crippen LogP contribution in [0.4, 0.5) is 0 Å². The van der Waals surface area contributed by atoms with Gasteiger partial charge in [0.15, 0.2) is 0 Å². The van der Waals surface area contributed by atoms with Gasteiger partial charge in [-0.25, -0.2) is 0 Å². The molecule has 0 saturated heterocycles. The summed E-state index contributed by atoms with van der Waals surface area (Å²) in [5.41, 5.74) is 2.33. The fourth-order valence-corrected chi connectivity index (χ4v) is 2.48. The molecule has 0 aliphatic heterocycles. The van der Waals surface area contributed by atoms with E-state index in [9.17, 15) is 0 Å². The molecule has 4 heteroatoms. The van der Waals surface area contributed by atoms with Crippen molar-refractivity contribution in [1.82, 2.24) is 10.2 Å². The van der Waals surface area contributed by atoms with Crippen LogP contribution in [0.2, 0.25) is 0 Å². The molecule has 0 radical (unpaired) electrons. The molecular formula is C18H26N2O2. The molecule has 1 heterocycles. The first-order valence-electron chi connectivity index (χ1n) is 8.36. The van der Waals surface area contributed by atoms with Gasteiger partial charge < -0.3 is 9.52 Å². The first-order valence-corrected chi connectivity index (χ1v) is 8.36. The van der Waals surface area contributed by atoms with E-state index in [1.807, 2.05) is 6.07 Å². The topological polar surface area (TPSA) is 59.2 Å². The highest BCUT2D eigenvalue weighted by Gasteiger charge is 2.09. The Hall–Kier alpha value is -1.68. The van der Waals surface area contributed by atoms with Crippen LogP contribution in [-0.2, 0) is 12.8 Å². The molecule has 4 nitrogen and oxygen atoms in total. The Kier molecular flexibility index (Phi) is 7.10. The van der Waals surface area contributed by atoms with E-state index in [4.69, 9.17) is 9.52 Å². The third-order valence-electron chi connectivity index (χ3n) is 3.76. The Morgan fingerprint density at radius 2 is 1.86 bits per heavy atom. The Balaban J connectivity index is 1.93. The lowest BCUT2D eigenvalue weighted by molar-refractivity contribution is 0.282. The van der Waals surface area contributed by atoms with Crippen molar-refractivity contribution in [3.8, 4) is 11.5 Å². The molecule has 120 valence electrons. The normalized spacial score (nSPS) is 11.0. The van der Waals surface area contributed by atoms with Gasteiger partial charge in [-0.1, -0.05) is 38.3 Å². The molecule has 0 bridgehead atoms. The summed E-state index contributed by atoms with van der Waals surface area (Å²) in [6.07, 6.45) is 8.40. The van der Waals surface area contributed by atoms with E-state index in [-0.39, 0.29) is 6.61 Å². The van der Waals surface area contributed by atoms with Gasteiger partial charge in [-0.15, -0.1) is 10.2 Å². The van der Waals surface area contributed by atoms with Crippen LogP contribution in [0.5, 0.6) is 0 Å². The molecule has 0 atom stereocenters. The van der Waals surface area contributed by atoms with E-state index in [0.29, 0.717) is 11.8 Å². The second-order valence-corrected chi connectivity index (χ2v) is 5.69. The molecular weight excluding hydrogens is 276 g/mol. The first-order chi connectivity index (χ1) is 10.8. The van der Waals surface area contributed by atoms with E-state index < -0.39 is 0 Å². The van der Waals surface area contributed by atoms with E-state index in [2.05, 4.69) is 35.3 Å². The van der Waals surface area contributed by atoms with Gasteiger partial charge in [0.1, 0.15) is 0 Å². The molecule has 0 unspecified atom stereocenters. The van der Waals surface area contributed by atoms with E-state index >= 15 is 0 Å². The maximum absolute atomic E-state index is 8.77. The van der Waals surface area contributed by atoms with E-state index in [1.165, 1.54) is 24.8 Å². The summed E-state index contributed by atoms with van der Waals surface area (Å²) in [5.74, 6) is 1.29. The Morgan fingerprint density at radius 1 is 1.00 bits per heavy atom. The molecule has 0 aliphatic carbocycles. The predicted octanol–water partition coefficient (Wildman–Crippen LogP) is 4.17. The Labute approximate surface area is 132 Å². The molecule has 0 amide bonds. The number of unbranched alkanes of at least 4 members (excludes halogenated alkanes) is 4. The highest BCUT2D eigenvalue weighted by molar-refractivity contribution is 5.53. The number of hydrogen-bond donors (Lipinski definition) is 1. The average Bonchev–Trinajstić information content (AvgIpc) is 3.01. The molecule has 1 aromatic heterocycles. The van der Waals surface area contributed by atoms with Crippen molar-refractivity contribution in [2.45, 2.75) is 58.3 Å². The minimum absolute atomic E-state index is 0.250. The molecule has 0 saturated carbocycles. The van der Waals surface area contributed by atoms with Crippen LogP contribution in [0, 0.1) is 0 Å². The van der Waals surface area contributed by atoms with Crippen molar-refractivity contribution in [2.75, 3.05) is 6.61 Å². The largest absolute Gasteiger partial charge is 0.421 e. The number of hydrogen-bond acceptors (Lipinski definition) is 4. The molecule has 22 heavy (non-hydrogen) atoms. The zero-order valence-electron chi connectivity index (χ0n) is 13.4. The molecule has 0 spiro atoms. The number of aryl methyl sites for hydroxylation is 2. The second kappa shape index (κ2) is 9.36. The van der Waals surface area contributed by atoms with Gasteiger partial charge >= 0.3 is 0 Å². The minimum Gasteiger partial charge on any atom is -0.421 e. The molecule has 1 aromatic carbocycles. The van der Waals surface area contributed by atoms with E-state index in [1.54, 1.807) is 0 Å². The summed E-state index contributed by atoms with van der Waals surface area (Å²) < 4.78 is 5.75. The van der Waals surface area contributed by atoms with Crippen LogP contribution in [0.15, 0.2) is 28.7 Å².